The Morgan fingerprint density at radius 3 is 2.95 bits per heavy atom. The minimum Gasteiger partial charge on any atom is -0.457 e. The number of ketones is 1. The number of hydrogen-bond acceptors (Lipinski definition) is 3. The van der Waals surface area contributed by atoms with Gasteiger partial charge in [0.15, 0.2) is 5.78 Å². The molecule has 1 aromatic carbocycles. The molecule has 3 nitrogen and oxygen atoms in total. The fourth-order valence-corrected chi connectivity index (χ4v) is 3.53. The van der Waals surface area contributed by atoms with Crippen molar-refractivity contribution >= 4 is 5.78 Å². The summed E-state index contributed by atoms with van der Waals surface area (Å²) >= 11 is 0. The summed E-state index contributed by atoms with van der Waals surface area (Å²) in [4.78, 5) is 12.3. The van der Waals surface area contributed by atoms with Gasteiger partial charge in [0.25, 0.3) is 0 Å². The van der Waals surface area contributed by atoms with Gasteiger partial charge in [0, 0.05) is 43.2 Å². The molecule has 2 heterocycles. The molecule has 0 spiro atoms. The van der Waals surface area contributed by atoms with Gasteiger partial charge in [-0.15, -0.1) is 0 Å². The number of allylic oxidation sites excluding steroid dienone is 2. The average Bonchev–Trinajstić information content (AvgIpc) is 2.37. The van der Waals surface area contributed by atoms with Gasteiger partial charge in [-0.3, -0.25) is 4.79 Å². The Hall–Kier alpha value is -1.77. The summed E-state index contributed by atoms with van der Waals surface area (Å²) in [5, 5.41) is 0. The summed E-state index contributed by atoms with van der Waals surface area (Å²) in [6.07, 6.45) is 3.13. The van der Waals surface area contributed by atoms with Crippen LogP contribution in [0.3, 0.4) is 0 Å². The van der Waals surface area contributed by atoms with Crippen LogP contribution in [0.15, 0.2) is 35.6 Å². The van der Waals surface area contributed by atoms with Crippen molar-refractivity contribution in [2.45, 2.75) is 44.3 Å². The van der Waals surface area contributed by atoms with Crippen molar-refractivity contribution in [3.05, 3.63) is 41.2 Å². The maximum absolute atomic E-state index is 12.3. The molecule has 0 N–H and O–H groups in total. The zero-order chi connectivity index (χ0) is 13.0. The zero-order valence-corrected chi connectivity index (χ0v) is 10.9. The van der Waals surface area contributed by atoms with Crippen molar-refractivity contribution in [2.75, 3.05) is 0 Å². The topological polar surface area (TPSA) is 35.5 Å². The number of rotatable bonds is 0. The Morgan fingerprint density at radius 1 is 1.21 bits per heavy atom. The summed E-state index contributed by atoms with van der Waals surface area (Å²) in [6, 6.07) is 7.99. The first kappa shape index (κ1) is 11.1. The number of fused-ring (bicyclic) bond motifs is 5. The molecule has 1 aliphatic carbocycles. The number of Topliss-reactive ketones (excluding diaryl/α,β-unsaturated/α-hetero) is 1. The van der Waals surface area contributed by atoms with Gasteiger partial charge in [-0.05, 0) is 12.5 Å². The van der Waals surface area contributed by atoms with Crippen LogP contribution < -0.4 is 4.74 Å². The molecule has 3 heteroatoms. The summed E-state index contributed by atoms with van der Waals surface area (Å²) in [7, 11) is 0. The van der Waals surface area contributed by atoms with Gasteiger partial charge in [0.1, 0.15) is 11.5 Å². The monoisotopic (exact) mass is 256 g/mol. The van der Waals surface area contributed by atoms with E-state index in [-0.39, 0.29) is 11.7 Å². The molecule has 0 radical (unpaired) electrons. The minimum absolute atomic E-state index is 0.145. The second-order valence-electron chi connectivity index (χ2n) is 5.75. The van der Waals surface area contributed by atoms with E-state index in [1.807, 2.05) is 25.1 Å². The maximum atomic E-state index is 12.3. The molecule has 0 fully saturated rings. The van der Waals surface area contributed by atoms with E-state index in [4.69, 9.17) is 9.47 Å². The van der Waals surface area contributed by atoms with Gasteiger partial charge < -0.3 is 9.47 Å². The molecule has 19 heavy (non-hydrogen) atoms. The normalized spacial score (nSPS) is 32.1. The van der Waals surface area contributed by atoms with Gasteiger partial charge >= 0.3 is 0 Å². The summed E-state index contributed by atoms with van der Waals surface area (Å²) in [5.74, 6) is 1.50. The van der Waals surface area contributed by atoms with E-state index in [0.717, 1.165) is 41.9 Å². The molecule has 2 aliphatic heterocycles. The summed E-state index contributed by atoms with van der Waals surface area (Å²) < 4.78 is 12.0. The van der Waals surface area contributed by atoms with Crippen molar-refractivity contribution in [1.29, 1.82) is 0 Å². The zero-order valence-electron chi connectivity index (χ0n) is 10.9. The Bertz CT molecular complexity index is 602. The van der Waals surface area contributed by atoms with E-state index >= 15 is 0 Å². The summed E-state index contributed by atoms with van der Waals surface area (Å²) in [6.45, 7) is 1.97. The highest BCUT2D eigenvalue weighted by Crippen LogP contribution is 2.51. The minimum atomic E-state index is -0.616. The van der Waals surface area contributed by atoms with Gasteiger partial charge in [-0.25, -0.2) is 0 Å². The molecular formula is C16H16O3. The fraction of sp³-hybridized carbons (Fsp3) is 0.438. The van der Waals surface area contributed by atoms with E-state index in [1.54, 1.807) is 0 Å². The van der Waals surface area contributed by atoms with Crippen molar-refractivity contribution in [3.63, 3.8) is 0 Å². The van der Waals surface area contributed by atoms with Crippen molar-refractivity contribution in [2.24, 2.45) is 0 Å². The maximum Gasteiger partial charge on any atom is 0.248 e. The number of para-hydroxylation sites is 1. The second kappa shape index (κ2) is 3.62. The van der Waals surface area contributed by atoms with Gasteiger partial charge in [-0.1, -0.05) is 18.2 Å². The number of carbonyl (C=O) groups is 1. The fourth-order valence-electron chi connectivity index (χ4n) is 3.53. The molecule has 98 valence electrons. The number of carbonyl (C=O) groups excluding carboxylic acids is 1. The average molecular weight is 256 g/mol. The highest BCUT2D eigenvalue weighted by Gasteiger charge is 2.48. The molecule has 0 amide bonds. The highest BCUT2D eigenvalue weighted by molar-refractivity contribution is 5.98. The lowest BCUT2D eigenvalue weighted by atomic mass is 9.76. The predicted molar refractivity (Wildman–Crippen MR) is 69.8 cm³/mol. The standard InChI is InChI=1S/C16H16O3/c1-16-9-11(10-5-2-3-7-13(10)18-16)15-12(17)6-4-8-14(15)19-16/h2-3,5,7,11H,4,6,8-9H2,1H3/t11-,16+/m0/s1. The number of ether oxygens (including phenoxy) is 2. The van der Waals surface area contributed by atoms with Crippen LogP contribution in [0.4, 0.5) is 0 Å². The Labute approximate surface area is 112 Å². The van der Waals surface area contributed by atoms with Crippen LogP contribution in [0.5, 0.6) is 5.75 Å². The Balaban J connectivity index is 1.92. The predicted octanol–water partition coefficient (Wildman–Crippen LogP) is 3.31. The van der Waals surface area contributed by atoms with Gasteiger partial charge in [-0.2, -0.15) is 0 Å². The third-order valence-corrected chi connectivity index (χ3v) is 4.29. The van der Waals surface area contributed by atoms with Crippen molar-refractivity contribution in [1.82, 2.24) is 0 Å². The molecule has 0 aromatic heterocycles. The molecule has 4 rings (SSSR count). The van der Waals surface area contributed by atoms with Crippen LogP contribution in [0.25, 0.3) is 0 Å². The molecule has 3 aliphatic rings. The van der Waals surface area contributed by atoms with E-state index < -0.39 is 5.79 Å². The number of hydrogen-bond donors (Lipinski definition) is 0. The van der Waals surface area contributed by atoms with E-state index in [9.17, 15) is 4.79 Å². The van der Waals surface area contributed by atoms with Crippen LogP contribution in [0, 0.1) is 0 Å². The third kappa shape index (κ3) is 1.54. The van der Waals surface area contributed by atoms with Crippen LogP contribution in [0.2, 0.25) is 0 Å². The molecule has 0 saturated heterocycles. The van der Waals surface area contributed by atoms with E-state index in [2.05, 4.69) is 6.07 Å². The lowest BCUT2D eigenvalue weighted by Gasteiger charge is -2.46. The quantitative estimate of drug-likeness (QED) is 0.714. The van der Waals surface area contributed by atoms with Crippen LogP contribution in [-0.4, -0.2) is 11.6 Å². The molecule has 2 atom stereocenters. The van der Waals surface area contributed by atoms with E-state index in [1.165, 1.54) is 0 Å². The van der Waals surface area contributed by atoms with Crippen LogP contribution in [0.1, 0.15) is 44.1 Å². The third-order valence-electron chi connectivity index (χ3n) is 4.29. The lowest BCUT2D eigenvalue weighted by molar-refractivity contribution is -0.171. The lowest BCUT2D eigenvalue weighted by Crippen LogP contribution is -2.46. The molecule has 1 aromatic rings. The Kier molecular flexibility index (Phi) is 2.12. The van der Waals surface area contributed by atoms with Gasteiger partial charge in [0.05, 0.1) is 0 Å². The van der Waals surface area contributed by atoms with Crippen molar-refractivity contribution in [3.8, 4) is 5.75 Å². The largest absolute Gasteiger partial charge is 0.457 e. The van der Waals surface area contributed by atoms with E-state index in [0.29, 0.717) is 6.42 Å². The van der Waals surface area contributed by atoms with Crippen molar-refractivity contribution < 1.29 is 14.3 Å². The molecule has 0 saturated carbocycles. The SMILES string of the molecule is C[C@]12C[C@H](C3=C(CCCC3=O)O1)c1ccccc1O2. The Morgan fingerprint density at radius 2 is 2.05 bits per heavy atom. The van der Waals surface area contributed by atoms with Crippen LogP contribution in [-0.2, 0) is 9.53 Å². The molecular weight excluding hydrogens is 240 g/mol. The first-order chi connectivity index (χ1) is 9.16. The summed E-state index contributed by atoms with van der Waals surface area (Å²) in [5.41, 5.74) is 2.03. The highest BCUT2D eigenvalue weighted by atomic mass is 16.7. The first-order valence-electron chi connectivity index (χ1n) is 6.89. The van der Waals surface area contributed by atoms with Gasteiger partial charge in [0.2, 0.25) is 5.79 Å². The second-order valence-corrected chi connectivity index (χ2v) is 5.75. The number of benzene rings is 1. The van der Waals surface area contributed by atoms with Crippen LogP contribution >= 0.6 is 0 Å². The first-order valence-corrected chi connectivity index (χ1v) is 6.89. The smallest absolute Gasteiger partial charge is 0.248 e. The molecule has 2 bridgehead atoms. The molecule has 0 unspecified atom stereocenters.